The largest absolute Gasteiger partial charge is 0.331 e. The number of nitrogens with one attached hydrogen (secondary N) is 1. The van der Waals surface area contributed by atoms with Gasteiger partial charge < -0.3 is 9.88 Å². The van der Waals surface area contributed by atoms with E-state index in [1.54, 1.807) is 0 Å². The molecule has 1 aromatic heterocycles. The molecular weight excluding hydrogens is 258 g/mol. The van der Waals surface area contributed by atoms with Gasteiger partial charge in [0.05, 0.1) is 5.69 Å². The zero-order valence-corrected chi connectivity index (χ0v) is 15.0. The van der Waals surface area contributed by atoms with Crippen molar-refractivity contribution in [2.45, 2.75) is 73.4 Å². The number of hydrogen-bond acceptors (Lipinski definition) is 2. The van der Waals surface area contributed by atoms with Gasteiger partial charge in [-0.2, -0.15) is 0 Å². The molecule has 1 aliphatic heterocycles. The predicted molar refractivity (Wildman–Crippen MR) is 89.5 cm³/mol. The zero-order chi connectivity index (χ0) is 15.8. The SMILES string of the molecule is CC(C)C(Cn1c(C(C)(C)C)nc2c1CCNC2)C(C)C. The minimum Gasteiger partial charge on any atom is -0.331 e. The Balaban J connectivity index is 2.43. The fraction of sp³-hybridized carbons (Fsp3) is 0.833. The first-order valence-corrected chi connectivity index (χ1v) is 8.51. The maximum atomic E-state index is 4.99. The van der Waals surface area contributed by atoms with E-state index < -0.39 is 0 Å². The van der Waals surface area contributed by atoms with Gasteiger partial charge in [0, 0.05) is 37.2 Å². The van der Waals surface area contributed by atoms with Crippen LogP contribution < -0.4 is 5.32 Å². The summed E-state index contributed by atoms with van der Waals surface area (Å²) in [6.07, 6.45) is 1.11. The second kappa shape index (κ2) is 6.12. The minimum atomic E-state index is 0.107. The molecular formula is C18H33N3. The topological polar surface area (TPSA) is 29.9 Å². The Labute approximate surface area is 130 Å². The summed E-state index contributed by atoms with van der Waals surface area (Å²) in [5.74, 6) is 3.39. The Morgan fingerprint density at radius 3 is 2.29 bits per heavy atom. The summed E-state index contributed by atoms with van der Waals surface area (Å²) >= 11 is 0. The highest BCUT2D eigenvalue weighted by Gasteiger charge is 2.29. The molecule has 0 aromatic carbocycles. The standard InChI is InChI=1S/C18H33N3/c1-12(2)14(13(3)4)11-21-16-8-9-19-10-15(16)20-17(21)18(5,6)7/h12-14,19H,8-11H2,1-7H3. The van der Waals surface area contributed by atoms with Crippen LogP contribution in [-0.2, 0) is 24.9 Å². The number of aromatic nitrogens is 2. The van der Waals surface area contributed by atoms with Crippen LogP contribution in [0.5, 0.6) is 0 Å². The van der Waals surface area contributed by atoms with Crippen molar-refractivity contribution >= 4 is 0 Å². The molecule has 0 saturated carbocycles. The maximum absolute atomic E-state index is 4.99. The molecule has 3 heteroatoms. The smallest absolute Gasteiger partial charge is 0.114 e. The summed E-state index contributed by atoms with van der Waals surface area (Å²) in [6.45, 7) is 19.4. The van der Waals surface area contributed by atoms with Crippen LogP contribution in [0.25, 0.3) is 0 Å². The highest BCUT2D eigenvalue weighted by Crippen LogP contribution is 2.30. The van der Waals surface area contributed by atoms with E-state index >= 15 is 0 Å². The molecule has 2 rings (SSSR count). The van der Waals surface area contributed by atoms with Crippen LogP contribution in [0.2, 0.25) is 0 Å². The molecule has 0 saturated heterocycles. The van der Waals surface area contributed by atoms with Crippen molar-refractivity contribution < 1.29 is 0 Å². The fourth-order valence-electron chi connectivity index (χ4n) is 3.54. The van der Waals surface area contributed by atoms with Crippen LogP contribution in [0.1, 0.15) is 65.7 Å². The molecule has 0 spiro atoms. The molecule has 3 nitrogen and oxygen atoms in total. The van der Waals surface area contributed by atoms with Crippen LogP contribution in [0, 0.1) is 17.8 Å². The first kappa shape index (κ1) is 16.5. The Bertz CT molecular complexity index is 469. The molecule has 0 unspecified atom stereocenters. The summed E-state index contributed by atoms with van der Waals surface area (Å²) in [7, 11) is 0. The monoisotopic (exact) mass is 291 g/mol. The number of imidazole rings is 1. The maximum Gasteiger partial charge on any atom is 0.114 e. The van der Waals surface area contributed by atoms with Crippen LogP contribution in [0.15, 0.2) is 0 Å². The van der Waals surface area contributed by atoms with E-state index in [9.17, 15) is 0 Å². The van der Waals surface area contributed by atoms with Gasteiger partial charge in [-0.05, 0) is 17.8 Å². The summed E-state index contributed by atoms with van der Waals surface area (Å²) in [4.78, 5) is 4.99. The van der Waals surface area contributed by atoms with Crippen molar-refractivity contribution in [3.05, 3.63) is 17.2 Å². The second-order valence-electron chi connectivity index (χ2n) is 8.27. The highest BCUT2D eigenvalue weighted by molar-refractivity contribution is 5.23. The Kier molecular flexibility index (Phi) is 4.82. The first-order valence-electron chi connectivity index (χ1n) is 8.51. The third kappa shape index (κ3) is 3.50. The summed E-state index contributed by atoms with van der Waals surface area (Å²) < 4.78 is 2.56. The van der Waals surface area contributed by atoms with Gasteiger partial charge in [-0.15, -0.1) is 0 Å². The predicted octanol–water partition coefficient (Wildman–Crippen LogP) is 3.75. The molecule has 0 radical (unpaired) electrons. The Morgan fingerprint density at radius 2 is 1.76 bits per heavy atom. The van der Waals surface area contributed by atoms with Crippen molar-refractivity contribution in [3.63, 3.8) is 0 Å². The highest BCUT2D eigenvalue weighted by atomic mass is 15.1. The normalized spacial score (nSPS) is 16.1. The molecule has 1 aliphatic rings. The van der Waals surface area contributed by atoms with Crippen LogP contribution in [0.3, 0.4) is 0 Å². The first-order chi connectivity index (χ1) is 9.71. The van der Waals surface area contributed by atoms with Crippen molar-refractivity contribution in [3.8, 4) is 0 Å². The third-order valence-corrected chi connectivity index (χ3v) is 4.76. The molecule has 0 bridgehead atoms. The van der Waals surface area contributed by atoms with E-state index in [-0.39, 0.29) is 5.41 Å². The van der Waals surface area contributed by atoms with Gasteiger partial charge in [-0.25, -0.2) is 4.98 Å². The lowest BCUT2D eigenvalue weighted by Crippen LogP contribution is -2.29. The quantitative estimate of drug-likeness (QED) is 0.915. The van der Waals surface area contributed by atoms with E-state index in [2.05, 4.69) is 58.4 Å². The molecule has 21 heavy (non-hydrogen) atoms. The molecule has 0 aliphatic carbocycles. The fourth-order valence-corrected chi connectivity index (χ4v) is 3.54. The van der Waals surface area contributed by atoms with Gasteiger partial charge in [-0.1, -0.05) is 48.5 Å². The summed E-state index contributed by atoms with van der Waals surface area (Å²) in [6, 6.07) is 0. The van der Waals surface area contributed by atoms with E-state index in [4.69, 9.17) is 4.98 Å². The second-order valence-corrected chi connectivity index (χ2v) is 8.27. The van der Waals surface area contributed by atoms with E-state index in [0.29, 0.717) is 17.8 Å². The van der Waals surface area contributed by atoms with E-state index in [1.165, 1.54) is 17.2 Å². The number of rotatable bonds is 4. The van der Waals surface area contributed by atoms with Gasteiger partial charge >= 0.3 is 0 Å². The molecule has 0 amide bonds. The lowest BCUT2D eigenvalue weighted by Gasteiger charge is -2.30. The number of hydrogen-bond donors (Lipinski definition) is 1. The van der Waals surface area contributed by atoms with Crippen molar-refractivity contribution in [2.75, 3.05) is 6.54 Å². The van der Waals surface area contributed by atoms with Crippen molar-refractivity contribution in [2.24, 2.45) is 17.8 Å². The molecule has 120 valence electrons. The molecule has 0 atom stereocenters. The van der Waals surface area contributed by atoms with Crippen LogP contribution in [-0.4, -0.2) is 16.1 Å². The number of fused-ring (bicyclic) bond motifs is 1. The minimum absolute atomic E-state index is 0.107. The summed E-state index contributed by atoms with van der Waals surface area (Å²) in [5.41, 5.74) is 2.86. The zero-order valence-electron chi connectivity index (χ0n) is 15.0. The lowest BCUT2D eigenvalue weighted by molar-refractivity contribution is 0.243. The van der Waals surface area contributed by atoms with Crippen molar-refractivity contribution in [1.29, 1.82) is 0 Å². The van der Waals surface area contributed by atoms with Gasteiger partial charge in [0.25, 0.3) is 0 Å². The average Bonchev–Trinajstić information content (AvgIpc) is 2.73. The van der Waals surface area contributed by atoms with Gasteiger partial charge in [0.2, 0.25) is 0 Å². The van der Waals surface area contributed by atoms with Crippen LogP contribution in [0.4, 0.5) is 0 Å². The van der Waals surface area contributed by atoms with Gasteiger partial charge in [-0.3, -0.25) is 0 Å². The molecule has 1 aromatic rings. The summed E-state index contributed by atoms with van der Waals surface area (Å²) in [5, 5.41) is 3.46. The number of nitrogens with zero attached hydrogens (tertiary/aromatic N) is 2. The molecule has 1 N–H and O–H groups in total. The third-order valence-electron chi connectivity index (χ3n) is 4.76. The van der Waals surface area contributed by atoms with Crippen molar-refractivity contribution in [1.82, 2.24) is 14.9 Å². The Morgan fingerprint density at radius 1 is 1.14 bits per heavy atom. The van der Waals surface area contributed by atoms with Gasteiger partial charge in [0.15, 0.2) is 0 Å². The molecule has 2 heterocycles. The van der Waals surface area contributed by atoms with E-state index in [0.717, 1.165) is 26.1 Å². The Hall–Kier alpha value is -0.830. The van der Waals surface area contributed by atoms with Crippen LogP contribution >= 0.6 is 0 Å². The lowest BCUT2D eigenvalue weighted by atomic mass is 9.85. The van der Waals surface area contributed by atoms with Gasteiger partial charge in [0.1, 0.15) is 5.82 Å². The molecule has 0 fully saturated rings. The average molecular weight is 291 g/mol. The van der Waals surface area contributed by atoms with E-state index in [1.807, 2.05) is 0 Å².